The van der Waals surface area contributed by atoms with Gasteiger partial charge in [0, 0.05) is 37.1 Å². The summed E-state index contributed by atoms with van der Waals surface area (Å²) in [5.41, 5.74) is 5.94. The monoisotopic (exact) mass is 527 g/mol. The Balaban J connectivity index is 1.47. The molecule has 1 nitrogen and oxygen atoms in total. The van der Waals surface area contributed by atoms with Crippen LogP contribution in [0.2, 0.25) is 0 Å². The second-order valence-corrected chi connectivity index (χ2v) is 11.2. The first-order valence-corrected chi connectivity index (χ1v) is 14.4. The van der Waals surface area contributed by atoms with E-state index in [1.54, 1.807) is 0 Å². The highest BCUT2D eigenvalue weighted by atomic mass is 32.1. The number of hydrogen-bond donors (Lipinski definition) is 0. The van der Waals surface area contributed by atoms with Gasteiger partial charge in [0.25, 0.3) is 0 Å². The van der Waals surface area contributed by atoms with Crippen molar-refractivity contribution in [1.82, 2.24) is 0 Å². The normalized spacial score (nSPS) is 11.5. The molecular formula is C38H25NS. The van der Waals surface area contributed by atoms with E-state index < -0.39 is 0 Å². The summed E-state index contributed by atoms with van der Waals surface area (Å²) in [6, 6.07) is 55.0. The van der Waals surface area contributed by atoms with E-state index in [1.165, 1.54) is 58.5 Å². The Labute approximate surface area is 237 Å². The van der Waals surface area contributed by atoms with Crippen LogP contribution in [0.15, 0.2) is 152 Å². The van der Waals surface area contributed by atoms with Gasteiger partial charge in [0.05, 0.1) is 5.69 Å². The molecule has 0 spiro atoms. The standard InChI is InChI=1S/C38H25NS/c1-2-14-28(15-3-1)39(29-22-24-37-34(25-29)32-18-8-9-20-36(32)40-37)35-23-21-27-12-5-7-17-31(27)38(35)33-19-10-13-26-11-4-6-16-30(26)33/h1-25H. The van der Waals surface area contributed by atoms with Gasteiger partial charge in [0.15, 0.2) is 0 Å². The van der Waals surface area contributed by atoms with Gasteiger partial charge in [0.2, 0.25) is 0 Å². The Morgan fingerprint density at radius 1 is 0.400 bits per heavy atom. The van der Waals surface area contributed by atoms with Crippen LogP contribution in [-0.4, -0.2) is 0 Å². The molecule has 40 heavy (non-hydrogen) atoms. The molecule has 0 aliphatic carbocycles. The highest BCUT2D eigenvalue weighted by Gasteiger charge is 2.21. The fraction of sp³-hybridized carbons (Fsp3) is 0. The van der Waals surface area contributed by atoms with E-state index in [9.17, 15) is 0 Å². The summed E-state index contributed by atoms with van der Waals surface area (Å²) in [6.07, 6.45) is 0. The van der Waals surface area contributed by atoms with Crippen molar-refractivity contribution in [2.45, 2.75) is 0 Å². The molecule has 188 valence electrons. The summed E-state index contributed by atoms with van der Waals surface area (Å²) in [6.45, 7) is 0. The lowest BCUT2D eigenvalue weighted by Crippen LogP contribution is -2.11. The largest absolute Gasteiger partial charge is 0.310 e. The lowest BCUT2D eigenvalue weighted by Gasteiger charge is -2.29. The smallest absolute Gasteiger partial charge is 0.0546 e. The summed E-state index contributed by atoms with van der Waals surface area (Å²) < 4.78 is 2.63. The van der Waals surface area contributed by atoms with Gasteiger partial charge in [-0.25, -0.2) is 0 Å². The van der Waals surface area contributed by atoms with Gasteiger partial charge < -0.3 is 4.90 Å². The van der Waals surface area contributed by atoms with E-state index in [0.717, 1.165) is 11.4 Å². The molecule has 0 radical (unpaired) electrons. The highest BCUT2D eigenvalue weighted by Crippen LogP contribution is 2.47. The summed E-state index contributed by atoms with van der Waals surface area (Å²) in [4.78, 5) is 2.43. The van der Waals surface area contributed by atoms with Crippen molar-refractivity contribution < 1.29 is 0 Å². The molecule has 0 aliphatic rings. The van der Waals surface area contributed by atoms with Gasteiger partial charge in [-0.05, 0) is 69.6 Å². The van der Waals surface area contributed by atoms with E-state index in [0.29, 0.717) is 0 Å². The average molecular weight is 528 g/mol. The van der Waals surface area contributed by atoms with Gasteiger partial charge in [-0.1, -0.05) is 109 Å². The minimum absolute atomic E-state index is 1.14. The van der Waals surface area contributed by atoms with Crippen LogP contribution in [0.25, 0.3) is 52.8 Å². The number of para-hydroxylation sites is 1. The molecule has 1 heterocycles. The van der Waals surface area contributed by atoms with Gasteiger partial charge in [-0.2, -0.15) is 0 Å². The fourth-order valence-electron chi connectivity index (χ4n) is 6.03. The first-order valence-electron chi connectivity index (χ1n) is 13.6. The summed E-state index contributed by atoms with van der Waals surface area (Å²) in [5.74, 6) is 0. The first-order chi connectivity index (χ1) is 19.8. The van der Waals surface area contributed by atoms with Gasteiger partial charge in [0.1, 0.15) is 0 Å². The van der Waals surface area contributed by atoms with Crippen LogP contribution in [0.1, 0.15) is 0 Å². The molecule has 0 N–H and O–H groups in total. The molecule has 2 heteroatoms. The second-order valence-electron chi connectivity index (χ2n) is 10.2. The zero-order valence-electron chi connectivity index (χ0n) is 21.8. The molecule has 0 fully saturated rings. The third-order valence-corrected chi connectivity index (χ3v) is 8.99. The molecule has 1 aromatic heterocycles. The highest BCUT2D eigenvalue weighted by molar-refractivity contribution is 7.25. The number of nitrogens with zero attached hydrogens (tertiary/aromatic N) is 1. The Morgan fingerprint density at radius 2 is 1.05 bits per heavy atom. The van der Waals surface area contributed by atoms with Gasteiger partial charge >= 0.3 is 0 Å². The van der Waals surface area contributed by atoms with Crippen molar-refractivity contribution in [3.63, 3.8) is 0 Å². The molecule has 0 unspecified atom stereocenters. The fourth-order valence-corrected chi connectivity index (χ4v) is 7.12. The topological polar surface area (TPSA) is 3.24 Å². The maximum Gasteiger partial charge on any atom is 0.0546 e. The van der Waals surface area contributed by atoms with Gasteiger partial charge in [-0.15, -0.1) is 11.3 Å². The Morgan fingerprint density at radius 3 is 1.90 bits per heavy atom. The number of thiophene rings is 1. The molecule has 0 saturated carbocycles. The number of fused-ring (bicyclic) bond motifs is 5. The van der Waals surface area contributed by atoms with E-state index in [4.69, 9.17) is 0 Å². The second kappa shape index (κ2) is 9.37. The van der Waals surface area contributed by atoms with Crippen LogP contribution in [0, 0.1) is 0 Å². The Kier molecular flexibility index (Phi) is 5.39. The van der Waals surface area contributed by atoms with Crippen LogP contribution in [0.3, 0.4) is 0 Å². The molecule has 7 aromatic carbocycles. The predicted octanol–water partition coefficient (Wildman–Crippen LogP) is 11.5. The SMILES string of the molecule is c1ccc(N(c2ccc3sc4ccccc4c3c2)c2ccc3ccccc3c2-c2cccc3ccccc23)cc1. The van der Waals surface area contributed by atoms with Crippen molar-refractivity contribution in [2.75, 3.05) is 4.90 Å². The quantitative estimate of drug-likeness (QED) is 0.220. The van der Waals surface area contributed by atoms with E-state index in [-0.39, 0.29) is 0 Å². The third-order valence-electron chi connectivity index (χ3n) is 7.84. The summed E-state index contributed by atoms with van der Waals surface area (Å²) >= 11 is 1.86. The predicted molar refractivity (Wildman–Crippen MR) is 174 cm³/mol. The lowest BCUT2D eigenvalue weighted by molar-refractivity contribution is 1.30. The molecule has 0 saturated heterocycles. The number of anilines is 3. The number of rotatable bonds is 4. The van der Waals surface area contributed by atoms with Crippen molar-refractivity contribution >= 4 is 70.1 Å². The lowest BCUT2D eigenvalue weighted by atomic mass is 9.91. The summed E-state index contributed by atoms with van der Waals surface area (Å²) in [7, 11) is 0. The summed E-state index contributed by atoms with van der Waals surface area (Å²) in [5, 5.41) is 7.60. The molecular weight excluding hydrogens is 502 g/mol. The van der Waals surface area contributed by atoms with Crippen molar-refractivity contribution in [3.8, 4) is 11.1 Å². The van der Waals surface area contributed by atoms with Crippen molar-refractivity contribution in [1.29, 1.82) is 0 Å². The number of hydrogen-bond acceptors (Lipinski definition) is 2. The van der Waals surface area contributed by atoms with E-state index >= 15 is 0 Å². The van der Waals surface area contributed by atoms with E-state index in [1.807, 2.05) is 11.3 Å². The molecule has 8 aromatic rings. The van der Waals surface area contributed by atoms with Crippen LogP contribution >= 0.6 is 11.3 Å². The maximum atomic E-state index is 2.43. The van der Waals surface area contributed by atoms with Crippen LogP contribution < -0.4 is 4.90 Å². The minimum Gasteiger partial charge on any atom is -0.310 e. The third kappa shape index (κ3) is 3.69. The zero-order chi connectivity index (χ0) is 26.5. The molecule has 0 amide bonds. The minimum atomic E-state index is 1.14. The Hall–Kier alpha value is -4.92. The average Bonchev–Trinajstić information content (AvgIpc) is 3.39. The molecule has 0 aliphatic heterocycles. The van der Waals surface area contributed by atoms with Crippen LogP contribution in [-0.2, 0) is 0 Å². The molecule has 0 atom stereocenters. The molecule has 0 bridgehead atoms. The van der Waals surface area contributed by atoms with Crippen LogP contribution in [0.4, 0.5) is 17.1 Å². The van der Waals surface area contributed by atoms with Gasteiger partial charge in [-0.3, -0.25) is 0 Å². The zero-order valence-corrected chi connectivity index (χ0v) is 22.6. The van der Waals surface area contributed by atoms with E-state index in [2.05, 4.69) is 157 Å². The Bertz CT molecular complexity index is 2170. The number of benzene rings is 7. The van der Waals surface area contributed by atoms with Crippen molar-refractivity contribution in [3.05, 3.63) is 152 Å². The molecule has 8 rings (SSSR count). The maximum absolute atomic E-state index is 2.43. The van der Waals surface area contributed by atoms with Crippen LogP contribution in [0.5, 0.6) is 0 Å². The first kappa shape index (κ1) is 23.0. The van der Waals surface area contributed by atoms with Crippen molar-refractivity contribution in [2.24, 2.45) is 0 Å².